The summed E-state index contributed by atoms with van der Waals surface area (Å²) in [7, 11) is 0. The molecule has 118 valence electrons. The molecule has 2 atom stereocenters. The van der Waals surface area contributed by atoms with Crippen LogP contribution in [0.25, 0.3) is 0 Å². The molecule has 2 bridgehead atoms. The van der Waals surface area contributed by atoms with Gasteiger partial charge in [0.25, 0.3) is 0 Å². The fourth-order valence-corrected chi connectivity index (χ4v) is 5.55. The first kappa shape index (κ1) is 14.0. The van der Waals surface area contributed by atoms with E-state index in [1.807, 2.05) is 0 Å². The second-order valence-corrected chi connectivity index (χ2v) is 7.81. The second kappa shape index (κ2) is 5.91. The van der Waals surface area contributed by atoms with Crippen molar-refractivity contribution in [3.8, 4) is 0 Å². The first-order valence-electron chi connectivity index (χ1n) is 9.21. The van der Waals surface area contributed by atoms with Crippen molar-refractivity contribution in [2.24, 2.45) is 23.7 Å². The van der Waals surface area contributed by atoms with Gasteiger partial charge in [-0.25, -0.2) is 0 Å². The van der Waals surface area contributed by atoms with E-state index in [0.29, 0.717) is 29.7 Å². The lowest BCUT2D eigenvalue weighted by Gasteiger charge is -2.44. The first-order chi connectivity index (χ1) is 10.3. The van der Waals surface area contributed by atoms with E-state index in [1.54, 1.807) is 0 Å². The fourth-order valence-electron chi connectivity index (χ4n) is 5.55. The maximum atomic E-state index is 13.1. The zero-order valence-electron chi connectivity index (χ0n) is 13.1. The van der Waals surface area contributed by atoms with Gasteiger partial charge in [0.05, 0.1) is 0 Å². The number of amides is 1. The van der Waals surface area contributed by atoms with Crippen molar-refractivity contribution in [1.29, 1.82) is 0 Å². The molecule has 0 N–H and O–H groups in total. The number of likely N-dealkylation sites (tertiary alicyclic amines) is 1. The van der Waals surface area contributed by atoms with E-state index in [1.165, 1.54) is 44.9 Å². The summed E-state index contributed by atoms with van der Waals surface area (Å²) in [6.45, 7) is 2.82. The lowest BCUT2D eigenvalue weighted by Crippen LogP contribution is -2.48. The van der Waals surface area contributed by atoms with Gasteiger partial charge in [-0.05, 0) is 62.7 Å². The quantitative estimate of drug-likeness (QED) is 0.782. The zero-order valence-corrected chi connectivity index (χ0v) is 13.1. The van der Waals surface area contributed by atoms with Gasteiger partial charge in [-0.2, -0.15) is 0 Å². The first-order valence-corrected chi connectivity index (χ1v) is 9.21. The van der Waals surface area contributed by atoms with Gasteiger partial charge in [-0.1, -0.05) is 12.8 Å². The fraction of sp³-hybridized carbons (Fsp3) is 0.944. The van der Waals surface area contributed by atoms with Crippen LogP contribution in [0.5, 0.6) is 0 Å². The molecule has 1 amide bonds. The van der Waals surface area contributed by atoms with Crippen LogP contribution < -0.4 is 0 Å². The standard InChI is InChI=1S/C18H29NO2/c20-18(16-12-13-3-5-14(16)6-4-13)19-9-1-2-17(19)15-7-10-21-11-8-15/h13-17H,1-12H2. The highest BCUT2D eigenvalue weighted by Gasteiger charge is 2.44. The Morgan fingerprint density at radius 1 is 0.905 bits per heavy atom. The van der Waals surface area contributed by atoms with Gasteiger partial charge in [-0.15, -0.1) is 0 Å². The van der Waals surface area contributed by atoms with Crippen LogP contribution in [0.4, 0.5) is 0 Å². The summed E-state index contributed by atoms with van der Waals surface area (Å²) < 4.78 is 5.51. The van der Waals surface area contributed by atoms with Crippen LogP contribution >= 0.6 is 0 Å². The van der Waals surface area contributed by atoms with Gasteiger partial charge in [-0.3, -0.25) is 4.79 Å². The molecule has 0 aromatic carbocycles. The van der Waals surface area contributed by atoms with Crippen molar-refractivity contribution in [2.45, 2.75) is 63.8 Å². The van der Waals surface area contributed by atoms with Crippen LogP contribution in [0.3, 0.4) is 0 Å². The summed E-state index contributed by atoms with van der Waals surface area (Å²) in [6, 6.07) is 0.529. The maximum Gasteiger partial charge on any atom is 0.226 e. The number of nitrogens with zero attached hydrogens (tertiary/aromatic N) is 1. The number of fused-ring (bicyclic) bond motifs is 3. The number of rotatable bonds is 2. The predicted molar refractivity (Wildman–Crippen MR) is 81.8 cm³/mol. The van der Waals surface area contributed by atoms with Crippen LogP contribution in [0.1, 0.15) is 57.8 Å². The van der Waals surface area contributed by atoms with Gasteiger partial charge in [0.1, 0.15) is 0 Å². The third-order valence-electron chi connectivity index (χ3n) is 6.76. The Hall–Kier alpha value is -0.570. The molecule has 5 rings (SSSR count). The molecule has 2 heterocycles. The molecule has 0 aromatic rings. The van der Waals surface area contributed by atoms with Crippen molar-refractivity contribution in [3.63, 3.8) is 0 Å². The van der Waals surface area contributed by atoms with Gasteiger partial charge < -0.3 is 9.64 Å². The second-order valence-electron chi connectivity index (χ2n) is 7.81. The molecule has 2 aliphatic heterocycles. The van der Waals surface area contributed by atoms with Crippen molar-refractivity contribution in [3.05, 3.63) is 0 Å². The Bertz CT molecular complexity index is 383. The molecule has 21 heavy (non-hydrogen) atoms. The molecule has 5 aliphatic rings. The summed E-state index contributed by atoms with van der Waals surface area (Å²) in [5.41, 5.74) is 0. The van der Waals surface area contributed by atoms with Crippen LogP contribution in [0, 0.1) is 23.7 Å². The number of carbonyl (C=O) groups excluding carboxylic acids is 1. The minimum Gasteiger partial charge on any atom is -0.381 e. The molecule has 2 saturated heterocycles. The van der Waals surface area contributed by atoms with Crippen LogP contribution in [0.15, 0.2) is 0 Å². The molecule has 0 spiro atoms. The van der Waals surface area contributed by atoms with Crippen LogP contribution in [-0.2, 0) is 9.53 Å². The van der Waals surface area contributed by atoms with Crippen LogP contribution in [-0.4, -0.2) is 36.6 Å². The molecule has 2 unspecified atom stereocenters. The van der Waals surface area contributed by atoms with Gasteiger partial charge in [0.2, 0.25) is 5.91 Å². The number of hydrogen-bond donors (Lipinski definition) is 0. The highest BCUT2D eigenvalue weighted by Crippen LogP contribution is 2.46. The van der Waals surface area contributed by atoms with E-state index < -0.39 is 0 Å². The van der Waals surface area contributed by atoms with Gasteiger partial charge >= 0.3 is 0 Å². The van der Waals surface area contributed by atoms with E-state index >= 15 is 0 Å². The van der Waals surface area contributed by atoms with Gasteiger partial charge in [0.15, 0.2) is 0 Å². The van der Waals surface area contributed by atoms with E-state index in [2.05, 4.69) is 4.90 Å². The molecule has 0 radical (unpaired) electrons. The highest BCUT2D eigenvalue weighted by atomic mass is 16.5. The largest absolute Gasteiger partial charge is 0.381 e. The van der Waals surface area contributed by atoms with E-state index in [0.717, 1.165) is 38.5 Å². The lowest BCUT2D eigenvalue weighted by molar-refractivity contribution is -0.143. The topological polar surface area (TPSA) is 29.5 Å². The molecule has 0 aromatic heterocycles. The van der Waals surface area contributed by atoms with Crippen LogP contribution in [0.2, 0.25) is 0 Å². The Morgan fingerprint density at radius 3 is 2.33 bits per heavy atom. The number of ether oxygens (including phenoxy) is 1. The zero-order chi connectivity index (χ0) is 14.2. The minimum atomic E-state index is 0.373. The molecule has 3 heteroatoms. The monoisotopic (exact) mass is 291 g/mol. The third-order valence-corrected chi connectivity index (χ3v) is 6.76. The Balaban J connectivity index is 1.45. The Labute approximate surface area is 128 Å². The van der Waals surface area contributed by atoms with Crippen molar-refractivity contribution < 1.29 is 9.53 Å². The molecule has 3 aliphatic carbocycles. The summed E-state index contributed by atoms with van der Waals surface area (Å²) in [5.74, 6) is 3.16. The average Bonchev–Trinajstić information content (AvgIpc) is 3.05. The number of hydrogen-bond acceptors (Lipinski definition) is 2. The minimum absolute atomic E-state index is 0.373. The molecule has 3 saturated carbocycles. The van der Waals surface area contributed by atoms with Crippen molar-refractivity contribution in [2.75, 3.05) is 19.8 Å². The molecular formula is C18H29NO2. The summed E-state index contributed by atoms with van der Waals surface area (Å²) >= 11 is 0. The lowest BCUT2D eigenvalue weighted by atomic mass is 9.64. The van der Waals surface area contributed by atoms with Gasteiger partial charge in [0, 0.05) is 31.7 Å². The molecule has 5 fully saturated rings. The van der Waals surface area contributed by atoms with E-state index in [-0.39, 0.29) is 0 Å². The predicted octanol–water partition coefficient (Wildman–Crippen LogP) is 3.23. The molecular weight excluding hydrogens is 262 g/mol. The SMILES string of the molecule is O=C(C1CC2CCC1CC2)N1CCCC1C1CCOCC1. The van der Waals surface area contributed by atoms with Crippen molar-refractivity contribution >= 4 is 5.91 Å². The highest BCUT2D eigenvalue weighted by molar-refractivity contribution is 5.80. The van der Waals surface area contributed by atoms with E-state index in [4.69, 9.17) is 4.74 Å². The summed E-state index contributed by atoms with van der Waals surface area (Å²) in [6.07, 6.45) is 11.4. The Morgan fingerprint density at radius 2 is 1.67 bits per heavy atom. The smallest absolute Gasteiger partial charge is 0.226 e. The summed E-state index contributed by atoms with van der Waals surface area (Å²) in [5, 5.41) is 0. The van der Waals surface area contributed by atoms with E-state index in [9.17, 15) is 4.79 Å². The Kier molecular flexibility index (Phi) is 3.95. The molecule has 3 nitrogen and oxygen atoms in total. The maximum absolute atomic E-state index is 13.1. The average molecular weight is 291 g/mol. The van der Waals surface area contributed by atoms with Crippen molar-refractivity contribution in [1.82, 2.24) is 4.90 Å². The third kappa shape index (κ3) is 2.62. The number of carbonyl (C=O) groups is 1. The normalized spacial score (nSPS) is 40.7. The summed E-state index contributed by atoms with van der Waals surface area (Å²) in [4.78, 5) is 15.4.